The molecule has 33 heavy (non-hydrogen) atoms. The second-order valence-corrected chi connectivity index (χ2v) is 7.98. The fraction of sp³-hybridized carbons (Fsp3) is 0.273. The van der Waals surface area contributed by atoms with E-state index in [0.29, 0.717) is 12.3 Å². The molecule has 0 amide bonds. The molecule has 2 aromatic carbocycles. The van der Waals surface area contributed by atoms with Gasteiger partial charge in [-0.05, 0) is 41.6 Å². The van der Waals surface area contributed by atoms with E-state index < -0.39 is 11.4 Å². The summed E-state index contributed by atoms with van der Waals surface area (Å²) in [5.74, 6) is 0.822. The third-order valence-electron chi connectivity index (χ3n) is 4.84. The Kier molecular flexibility index (Phi) is 8.14. The van der Waals surface area contributed by atoms with Gasteiger partial charge in [-0.25, -0.2) is 14.2 Å². The Morgan fingerprint density at radius 2 is 1.64 bits per heavy atom. The van der Waals surface area contributed by atoms with E-state index in [1.54, 1.807) is 18.9 Å². The van der Waals surface area contributed by atoms with Gasteiger partial charge in [0.2, 0.25) is 5.95 Å². The monoisotopic (exact) mass is 469 g/mol. The summed E-state index contributed by atoms with van der Waals surface area (Å²) < 4.78 is 7.75. The lowest BCUT2D eigenvalue weighted by Crippen LogP contribution is -2.43. The van der Waals surface area contributed by atoms with Crippen molar-refractivity contribution in [3.8, 4) is 5.75 Å². The van der Waals surface area contributed by atoms with Gasteiger partial charge in [-0.1, -0.05) is 24.3 Å². The summed E-state index contributed by atoms with van der Waals surface area (Å²) >= 11 is 1.62. The SMILES string of the molecule is COc1ccc(Cn2c(NCCN=C(N)N)nc(=O)n(Cc3ccc(SC)cc3)c2=O)cc1. The van der Waals surface area contributed by atoms with Crippen LogP contribution >= 0.6 is 11.8 Å². The van der Waals surface area contributed by atoms with Crippen LogP contribution in [0.3, 0.4) is 0 Å². The number of nitrogens with one attached hydrogen (secondary N) is 1. The van der Waals surface area contributed by atoms with Crippen LogP contribution in [-0.2, 0) is 13.1 Å². The first-order valence-electron chi connectivity index (χ1n) is 10.2. The van der Waals surface area contributed by atoms with E-state index in [0.717, 1.165) is 20.6 Å². The summed E-state index contributed by atoms with van der Waals surface area (Å²) in [6, 6.07) is 15.0. The number of nitrogens with two attached hydrogens (primary N) is 2. The summed E-state index contributed by atoms with van der Waals surface area (Å²) in [5, 5.41) is 2.99. The van der Waals surface area contributed by atoms with E-state index in [1.807, 2.05) is 54.8 Å². The molecule has 0 aliphatic rings. The molecule has 0 aliphatic heterocycles. The molecule has 0 aliphatic carbocycles. The maximum absolute atomic E-state index is 13.4. The van der Waals surface area contributed by atoms with Crippen LogP contribution < -0.4 is 32.9 Å². The molecule has 5 N–H and O–H groups in total. The Balaban J connectivity index is 1.96. The van der Waals surface area contributed by atoms with Crippen LogP contribution in [0.25, 0.3) is 0 Å². The molecular weight excluding hydrogens is 442 g/mol. The highest BCUT2D eigenvalue weighted by Crippen LogP contribution is 2.15. The summed E-state index contributed by atoms with van der Waals surface area (Å²) in [4.78, 5) is 35.2. The Labute approximate surface area is 195 Å². The molecule has 0 atom stereocenters. The van der Waals surface area contributed by atoms with Crippen molar-refractivity contribution in [2.45, 2.75) is 18.0 Å². The first-order valence-corrected chi connectivity index (χ1v) is 11.4. The first kappa shape index (κ1) is 23.9. The number of aromatic nitrogens is 3. The predicted molar refractivity (Wildman–Crippen MR) is 131 cm³/mol. The van der Waals surface area contributed by atoms with Crippen molar-refractivity contribution < 1.29 is 4.74 Å². The van der Waals surface area contributed by atoms with Crippen molar-refractivity contribution in [1.29, 1.82) is 0 Å². The van der Waals surface area contributed by atoms with Crippen LogP contribution in [0.5, 0.6) is 5.75 Å². The minimum atomic E-state index is -0.635. The molecular formula is C22H27N7O3S. The molecule has 11 heteroatoms. The van der Waals surface area contributed by atoms with Crippen LogP contribution in [0.1, 0.15) is 11.1 Å². The number of nitrogens with zero attached hydrogens (tertiary/aromatic N) is 4. The van der Waals surface area contributed by atoms with Gasteiger partial charge in [0.25, 0.3) is 0 Å². The highest BCUT2D eigenvalue weighted by Gasteiger charge is 2.14. The average Bonchev–Trinajstić information content (AvgIpc) is 2.82. The maximum atomic E-state index is 13.4. The number of hydrogen-bond acceptors (Lipinski definition) is 7. The zero-order valence-corrected chi connectivity index (χ0v) is 19.3. The molecule has 0 saturated carbocycles. The van der Waals surface area contributed by atoms with Crippen molar-refractivity contribution in [3.05, 3.63) is 80.6 Å². The van der Waals surface area contributed by atoms with Gasteiger partial charge in [-0.3, -0.25) is 9.56 Å². The maximum Gasteiger partial charge on any atom is 0.355 e. The number of anilines is 1. The number of ether oxygens (including phenoxy) is 1. The number of methoxy groups -OCH3 is 1. The molecule has 10 nitrogen and oxygen atoms in total. The lowest BCUT2D eigenvalue weighted by atomic mass is 10.2. The van der Waals surface area contributed by atoms with Crippen LogP contribution in [-0.4, -0.2) is 46.5 Å². The van der Waals surface area contributed by atoms with Crippen molar-refractivity contribution in [2.75, 3.05) is 31.8 Å². The summed E-state index contributed by atoms with van der Waals surface area (Å²) in [7, 11) is 1.59. The van der Waals surface area contributed by atoms with E-state index in [2.05, 4.69) is 15.3 Å². The lowest BCUT2D eigenvalue weighted by Gasteiger charge is -2.15. The molecule has 0 fully saturated rings. The van der Waals surface area contributed by atoms with E-state index in [-0.39, 0.29) is 31.5 Å². The number of benzene rings is 2. The molecule has 174 valence electrons. The highest BCUT2D eigenvalue weighted by molar-refractivity contribution is 7.98. The molecule has 1 aromatic heterocycles. The molecule has 0 unspecified atom stereocenters. The zero-order valence-electron chi connectivity index (χ0n) is 18.5. The van der Waals surface area contributed by atoms with Crippen molar-refractivity contribution in [3.63, 3.8) is 0 Å². The molecule has 3 aromatic rings. The number of hydrogen-bond donors (Lipinski definition) is 3. The summed E-state index contributed by atoms with van der Waals surface area (Å²) in [6.07, 6.45) is 1.99. The largest absolute Gasteiger partial charge is 0.497 e. The van der Waals surface area contributed by atoms with Gasteiger partial charge in [-0.2, -0.15) is 4.98 Å². The number of thioether (sulfide) groups is 1. The molecule has 0 spiro atoms. The quantitative estimate of drug-likeness (QED) is 0.172. The van der Waals surface area contributed by atoms with Crippen molar-refractivity contribution in [1.82, 2.24) is 14.1 Å². The highest BCUT2D eigenvalue weighted by atomic mass is 32.2. The molecule has 1 heterocycles. The van der Waals surface area contributed by atoms with Crippen molar-refractivity contribution >= 4 is 23.7 Å². The van der Waals surface area contributed by atoms with Crippen LogP contribution in [0.15, 0.2) is 68.0 Å². The van der Waals surface area contributed by atoms with Crippen molar-refractivity contribution in [2.24, 2.45) is 16.5 Å². The standard InChI is InChI=1S/C22H27N7O3S/c1-32-17-7-3-15(4-8-17)13-28-20(26-12-11-25-19(23)24)27-21(30)29(22(28)31)14-16-5-9-18(33-2)10-6-16/h3-10H,11-14H2,1-2H3,(H4,23,24,25)(H,26,27,30). The first-order chi connectivity index (χ1) is 15.9. The van der Waals surface area contributed by atoms with Crippen LogP contribution in [0, 0.1) is 0 Å². The second kappa shape index (κ2) is 11.2. The molecule has 0 saturated heterocycles. The van der Waals surface area contributed by atoms with Gasteiger partial charge in [0, 0.05) is 11.4 Å². The minimum absolute atomic E-state index is 0.0386. The van der Waals surface area contributed by atoms with Gasteiger partial charge in [0.05, 0.1) is 26.7 Å². The topological polar surface area (TPSA) is 143 Å². The minimum Gasteiger partial charge on any atom is -0.497 e. The predicted octanol–water partition coefficient (Wildman–Crippen LogP) is 0.917. The Bertz CT molecular complexity index is 1210. The summed E-state index contributed by atoms with van der Waals surface area (Å²) in [5.41, 5.74) is 11.3. The van der Waals surface area contributed by atoms with Crippen LogP contribution in [0.4, 0.5) is 5.95 Å². The molecule has 0 bridgehead atoms. The third-order valence-corrected chi connectivity index (χ3v) is 5.58. The van der Waals surface area contributed by atoms with E-state index in [9.17, 15) is 9.59 Å². The van der Waals surface area contributed by atoms with E-state index >= 15 is 0 Å². The Morgan fingerprint density at radius 3 is 2.21 bits per heavy atom. The van der Waals surface area contributed by atoms with Gasteiger partial charge in [-0.15, -0.1) is 11.8 Å². The number of rotatable bonds is 10. The summed E-state index contributed by atoms with van der Waals surface area (Å²) in [6.45, 7) is 0.903. The zero-order chi connectivity index (χ0) is 23.8. The molecule has 3 rings (SSSR count). The fourth-order valence-corrected chi connectivity index (χ4v) is 3.53. The smallest absolute Gasteiger partial charge is 0.355 e. The fourth-order valence-electron chi connectivity index (χ4n) is 3.12. The van der Waals surface area contributed by atoms with Gasteiger partial charge in [0.15, 0.2) is 5.96 Å². The lowest BCUT2D eigenvalue weighted by molar-refractivity contribution is 0.414. The Hall–Kier alpha value is -3.73. The van der Waals surface area contributed by atoms with E-state index in [4.69, 9.17) is 16.2 Å². The normalized spacial score (nSPS) is 10.6. The van der Waals surface area contributed by atoms with Gasteiger partial charge >= 0.3 is 11.4 Å². The second-order valence-electron chi connectivity index (χ2n) is 7.10. The average molecular weight is 470 g/mol. The number of aliphatic imine (C=N–C) groups is 1. The third kappa shape index (κ3) is 6.39. The number of guanidine groups is 1. The van der Waals surface area contributed by atoms with E-state index in [1.165, 1.54) is 4.57 Å². The van der Waals surface area contributed by atoms with Crippen LogP contribution in [0.2, 0.25) is 0 Å². The van der Waals surface area contributed by atoms with Gasteiger partial charge < -0.3 is 21.5 Å². The molecule has 0 radical (unpaired) electrons. The Morgan fingerprint density at radius 1 is 1.03 bits per heavy atom. The van der Waals surface area contributed by atoms with Gasteiger partial charge in [0.1, 0.15) is 5.75 Å².